The van der Waals surface area contributed by atoms with E-state index in [0.29, 0.717) is 11.1 Å². The van der Waals surface area contributed by atoms with Crippen molar-refractivity contribution in [3.8, 4) is 0 Å². The summed E-state index contributed by atoms with van der Waals surface area (Å²) in [6.07, 6.45) is -0.938. The number of benzene rings is 2. The summed E-state index contributed by atoms with van der Waals surface area (Å²) in [4.78, 5) is 0. The summed E-state index contributed by atoms with van der Waals surface area (Å²) >= 11 is 3.46. The van der Waals surface area contributed by atoms with Crippen LogP contribution in [0, 0.1) is 26.6 Å². The third-order valence-electron chi connectivity index (χ3n) is 3.36. The molecule has 0 bridgehead atoms. The summed E-state index contributed by atoms with van der Waals surface area (Å²) in [7, 11) is 0. The fourth-order valence-electron chi connectivity index (χ4n) is 2.15. The zero-order valence-electron chi connectivity index (χ0n) is 11.2. The average molecular weight is 323 g/mol. The van der Waals surface area contributed by atoms with Gasteiger partial charge in [-0.05, 0) is 49.1 Å². The highest BCUT2D eigenvalue weighted by Gasteiger charge is 2.18. The molecular weight excluding hydrogens is 307 g/mol. The zero-order chi connectivity index (χ0) is 14.2. The second kappa shape index (κ2) is 5.43. The molecule has 0 aliphatic heterocycles. The molecule has 0 heterocycles. The van der Waals surface area contributed by atoms with E-state index in [1.807, 2.05) is 26.0 Å². The average Bonchev–Trinajstić information content (AvgIpc) is 2.36. The topological polar surface area (TPSA) is 20.2 Å². The Balaban J connectivity index is 2.53. The van der Waals surface area contributed by atoms with Crippen molar-refractivity contribution in [3.63, 3.8) is 0 Å². The van der Waals surface area contributed by atoms with Crippen molar-refractivity contribution in [2.24, 2.45) is 0 Å². The molecule has 0 spiro atoms. The first-order chi connectivity index (χ1) is 8.91. The van der Waals surface area contributed by atoms with E-state index in [1.54, 1.807) is 25.1 Å². The van der Waals surface area contributed by atoms with Crippen LogP contribution in [-0.4, -0.2) is 5.11 Å². The molecule has 0 aliphatic rings. The van der Waals surface area contributed by atoms with E-state index in [4.69, 9.17) is 0 Å². The van der Waals surface area contributed by atoms with Crippen LogP contribution < -0.4 is 0 Å². The molecule has 1 nitrogen and oxygen atoms in total. The third kappa shape index (κ3) is 2.72. The number of hydrogen-bond donors (Lipinski definition) is 1. The molecule has 100 valence electrons. The van der Waals surface area contributed by atoms with E-state index in [-0.39, 0.29) is 5.82 Å². The van der Waals surface area contributed by atoms with Crippen LogP contribution in [0.3, 0.4) is 0 Å². The molecule has 19 heavy (non-hydrogen) atoms. The Morgan fingerprint density at radius 3 is 2.37 bits per heavy atom. The highest BCUT2D eigenvalue weighted by atomic mass is 79.9. The molecule has 0 amide bonds. The predicted octanol–water partition coefficient (Wildman–Crippen LogP) is 4.60. The van der Waals surface area contributed by atoms with Crippen LogP contribution in [0.2, 0.25) is 0 Å². The first-order valence-corrected chi connectivity index (χ1v) is 6.91. The fourth-order valence-corrected chi connectivity index (χ4v) is 2.60. The Bertz CT molecular complexity index is 622. The van der Waals surface area contributed by atoms with Crippen molar-refractivity contribution in [2.45, 2.75) is 26.9 Å². The number of hydrogen-bond acceptors (Lipinski definition) is 1. The first kappa shape index (κ1) is 14.2. The molecule has 0 saturated carbocycles. The van der Waals surface area contributed by atoms with Gasteiger partial charge >= 0.3 is 0 Å². The predicted molar refractivity (Wildman–Crippen MR) is 78.8 cm³/mol. The molecule has 0 aromatic heterocycles. The summed E-state index contributed by atoms with van der Waals surface area (Å²) in [6.45, 7) is 5.56. The lowest BCUT2D eigenvalue weighted by Crippen LogP contribution is -2.06. The maximum absolute atomic E-state index is 14.1. The lowest BCUT2D eigenvalue weighted by Gasteiger charge is -2.17. The Morgan fingerprint density at radius 2 is 1.68 bits per heavy atom. The molecule has 0 fully saturated rings. The summed E-state index contributed by atoms with van der Waals surface area (Å²) in [5.74, 6) is -0.338. The van der Waals surface area contributed by atoms with Gasteiger partial charge in [0.15, 0.2) is 0 Å². The van der Waals surface area contributed by atoms with E-state index in [9.17, 15) is 9.50 Å². The first-order valence-electron chi connectivity index (χ1n) is 6.11. The highest BCUT2D eigenvalue weighted by Crippen LogP contribution is 2.31. The SMILES string of the molecule is Cc1cc(C(O)c2cccc(C)c2F)c(C)cc1Br. The van der Waals surface area contributed by atoms with Crippen LogP contribution in [0.1, 0.15) is 33.9 Å². The molecule has 3 heteroatoms. The Hall–Kier alpha value is -1.19. The molecule has 0 saturated heterocycles. The molecule has 2 rings (SSSR count). The van der Waals surface area contributed by atoms with Crippen LogP contribution in [-0.2, 0) is 0 Å². The van der Waals surface area contributed by atoms with Gasteiger partial charge in [-0.3, -0.25) is 0 Å². The van der Waals surface area contributed by atoms with E-state index < -0.39 is 6.10 Å². The van der Waals surface area contributed by atoms with Crippen molar-refractivity contribution in [1.82, 2.24) is 0 Å². The third-order valence-corrected chi connectivity index (χ3v) is 4.21. The van der Waals surface area contributed by atoms with Gasteiger partial charge in [-0.15, -0.1) is 0 Å². The standard InChI is InChI=1S/C16H16BrFO/c1-9-5-4-6-12(15(9)18)16(19)13-7-11(3)14(17)8-10(13)2/h4-8,16,19H,1-3H3. The second-order valence-electron chi connectivity index (χ2n) is 4.84. The Kier molecular flexibility index (Phi) is 4.07. The zero-order valence-corrected chi connectivity index (χ0v) is 12.8. The molecule has 2 aromatic carbocycles. The van der Waals surface area contributed by atoms with Gasteiger partial charge in [-0.2, -0.15) is 0 Å². The van der Waals surface area contributed by atoms with Gasteiger partial charge in [0, 0.05) is 10.0 Å². The van der Waals surface area contributed by atoms with Crippen molar-refractivity contribution in [2.75, 3.05) is 0 Å². The molecule has 0 radical (unpaired) electrons. The van der Waals surface area contributed by atoms with Gasteiger partial charge in [0.05, 0.1) is 0 Å². The van der Waals surface area contributed by atoms with Crippen LogP contribution in [0.15, 0.2) is 34.8 Å². The summed E-state index contributed by atoms with van der Waals surface area (Å²) in [5, 5.41) is 10.4. The number of rotatable bonds is 2. The maximum atomic E-state index is 14.1. The van der Waals surface area contributed by atoms with E-state index in [1.165, 1.54) is 0 Å². The Labute approximate surface area is 121 Å². The van der Waals surface area contributed by atoms with E-state index in [0.717, 1.165) is 21.2 Å². The second-order valence-corrected chi connectivity index (χ2v) is 5.69. The van der Waals surface area contributed by atoms with E-state index in [2.05, 4.69) is 15.9 Å². The van der Waals surface area contributed by atoms with Crippen molar-refractivity contribution >= 4 is 15.9 Å². The maximum Gasteiger partial charge on any atom is 0.132 e. The summed E-state index contributed by atoms with van der Waals surface area (Å²) in [5.41, 5.74) is 3.57. The quantitative estimate of drug-likeness (QED) is 0.857. The van der Waals surface area contributed by atoms with Crippen LogP contribution in [0.5, 0.6) is 0 Å². The van der Waals surface area contributed by atoms with Gasteiger partial charge in [-0.25, -0.2) is 4.39 Å². The van der Waals surface area contributed by atoms with E-state index >= 15 is 0 Å². The molecular formula is C16H16BrFO. The Morgan fingerprint density at radius 1 is 1.00 bits per heavy atom. The minimum atomic E-state index is -0.938. The molecule has 2 aromatic rings. The van der Waals surface area contributed by atoms with Crippen molar-refractivity contribution in [3.05, 3.63) is 68.4 Å². The fraction of sp³-hybridized carbons (Fsp3) is 0.250. The number of halogens is 2. The van der Waals surface area contributed by atoms with Crippen LogP contribution >= 0.6 is 15.9 Å². The largest absolute Gasteiger partial charge is 0.384 e. The number of aliphatic hydroxyl groups is 1. The summed E-state index contributed by atoms with van der Waals surface area (Å²) < 4.78 is 15.1. The lowest BCUT2D eigenvalue weighted by atomic mass is 9.94. The molecule has 1 N–H and O–H groups in total. The molecule has 1 unspecified atom stereocenters. The molecule has 0 aliphatic carbocycles. The van der Waals surface area contributed by atoms with Crippen molar-refractivity contribution < 1.29 is 9.50 Å². The van der Waals surface area contributed by atoms with Crippen LogP contribution in [0.25, 0.3) is 0 Å². The van der Waals surface area contributed by atoms with Gasteiger partial charge in [0.1, 0.15) is 11.9 Å². The summed E-state index contributed by atoms with van der Waals surface area (Å²) in [6, 6.07) is 8.93. The monoisotopic (exact) mass is 322 g/mol. The molecule has 1 atom stereocenters. The number of aliphatic hydroxyl groups excluding tert-OH is 1. The highest BCUT2D eigenvalue weighted by molar-refractivity contribution is 9.10. The smallest absolute Gasteiger partial charge is 0.132 e. The van der Waals surface area contributed by atoms with Gasteiger partial charge in [0.2, 0.25) is 0 Å². The van der Waals surface area contributed by atoms with Gasteiger partial charge in [-0.1, -0.05) is 40.2 Å². The minimum absolute atomic E-state index is 0.324. The normalized spacial score (nSPS) is 12.5. The lowest BCUT2D eigenvalue weighted by molar-refractivity contribution is 0.214. The van der Waals surface area contributed by atoms with Crippen LogP contribution in [0.4, 0.5) is 4.39 Å². The van der Waals surface area contributed by atoms with Crippen molar-refractivity contribution in [1.29, 1.82) is 0 Å². The van der Waals surface area contributed by atoms with Gasteiger partial charge < -0.3 is 5.11 Å². The number of aryl methyl sites for hydroxylation is 3. The minimum Gasteiger partial charge on any atom is -0.384 e. The van der Waals surface area contributed by atoms with Gasteiger partial charge in [0.25, 0.3) is 0 Å².